The Hall–Kier alpha value is -2.14. The van der Waals surface area contributed by atoms with Crippen molar-refractivity contribution in [3.63, 3.8) is 0 Å². The lowest BCUT2D eigenvalue weighted by molar-refractivity contribution is -0.121. The van der Waals surface area contributed by atoms with E-state index < -0.39 is 0 Å². The monoisotopic (exact) mass is 242 g/mol. The lowest BCUT2D eigenvalue weighted by Crippen LogP contribution is -2.48. The summed E-state index contributed by atoms with van der Waals surface area (Å²) in [5.41, 5.74) is 1.74. The molecular weight excluding hydrogens is 228 g/mol. The van der Waals surface area contributed by atoms with Crippen LogP contribution in [0.3, 0.4) is 0 Å². The van der Waals surface area contributed by atoms with Crippen molar-refractivity contribution in [3.05, 3.63) is 42.7 Å². The fraction of sp³-hybridized carbons (Fsp3) is 0.231. The molecule has 2 aromatic rings. The fourth-order valence-corrected chi connectivity index (χ4v) is 1.87. The normalized spacial score (nSPS) is 15.1. The number of amides is 1. The van der Waals surface area contributed by atoms with Gasteiger partial charge in [0.05, 0.1) is 11.6 Å². The third kappa shape index (κ3) is 2.12. The average molecular weight is 242 g/mol. The van der Waals surface area contributed by atoms with Crippen LogP contribution in [0.25, 0.3) is 5.69 Å². The largest absolute Gasteiger partial charge is 0.326 e. The van der Waals surface area contributed by atoms with E-state index in [1.165, 1.54) is 0 Å². The zero-order valence-electron chi connectivity index (χ0n) is 9.84. The smallest absolute Gasteiger partial charge is 0.230 e. The molecule has 2 heterocycles. The minimum Gasteiger partial charge on any atom is -0.326 e. The van der Waals surface area contributed by atoms with Crippen LogP contribution in [0.1, 0.15) is 0 Å². The maximum absolute atomic E-state index is 11.8. The van der Waals surface area contributed by atoms with Crippen LogP contribution >= 0.6 is 0 Å². The Bertz CT molecular complexity index is 546. The van der Waals surface area contributed by atoms with Gasteiger partial charge in [-0.3, -0.25) is 4.79 Å². The van der Waals surface area contributed by atoms with E-state index in [1.807, 2.05) is 36.5 Å². The number of nitrogens with zero attached hydrogens (tertiary/aromatic N) is 2. The molecule has 0 spiro atoms. The summed E-state index contributed by atoms with van der Waals surface area (Å²) in [7, 11) is 0. The summed E-state index contributed by atoms with van der Waals surface area (Å²) in [5.74, 6) is 0.171. The molecule has 18 heavy (non-hydrogen) atoms. The first-order valence-electron chi connectivity index (χ1n) is 5.94. The Kier molecular flexibility index (Phi) is 2.82. The van der Waals surface area contributed by atoms with Gasteiger partial charge in [-0.2, -0.15) is 5.10 Å². The number of hydrogen-bond donors (Lipinski definition) is 2. The Morgan fingerprint density at radius 1 is 1.39 bits per heavy atom. The molecule has 1 aromatic heterocycles. The molecule has 92 valence electrons. The van der Waals surface area contributed by atoms with Crippen LogP contribution in [-0.2, 0) is 4.79 Å². The van der Waals surface area contributed by atoms with Crippen molar-refractivity contribution < 1.29 is 4.79 Å². The zero-order valence-corrected chi connectivity index (χ0v) is 9.84. The summed E-state index contributed by atoms with van der Waals surface area (Å²) < 4.78 is 1.76. The molecule has 3 rings (SSSR count). The maximum atomic E-state index is 11.8. The van der Waals surface area contributed by atoms with Gasteiger partial charge in [-0.05, 0) is 24.3 Å². The molecule has 2 N–H and O–H groups in total. The van der Waals surface area contributed by atoms with E-state index in [0.29, 0.717) is 0 Å². The molecule has 0 bridgehead atoms. The highest BCUT2D eigenvalue weighted by atomic mass is 16.2. The molecular formula is C13H14N4O. The van der Waals surface area contributed by atoms with E-state index in [2.05, 4.69) is 15.7 Å². The first-order chi connectivity index (χ1) is 8.83. The van der Waals surface area contributed by atoms with Gasteiger partial charge in [-0.25, -0.2) is 4.68 Å². The van der Waals surface area contributed by atoms with Gasteiger partial charge in [0.2, 0.25) is 5.91 Å². The van der Waals surface area contributed by atoms with Gasteiger partial charge in [0.1, 0.15) is 0 Å². The van der Waals surface area contributed by atoms with E-state index in [-0.39, 0.29) is 11.8 Å². The second-order valence-corrected chi connectivity index (χ2v) is 4.35. The minimum atomic E-state index is 0.0753. The van der Waals surface area contributed by atoms with Gasteiger partial charge in [0, 0.05) is 31.2 Å². The second-order valence-electron chi connectivity index (χ2n) is 4.35. The van der Waals surface area contributed by atoms with Gasteiger partial charge in [-0.1, -0.05) is 6.07 Å². The van der Waals surface area contributed by atoms with Crippen molar-refractivity contribution in [2.24, 2.45) is 5.92 Å². The lowest BCUT2D eigenvalue weighted by atomic mass is 10.0. The summed E-state index contributed by atoms with van der Waals surface area (Å²) in [6.45, 7) is 1.54. The molecule has 0 unspecified atom stereocenters. The molecule has 5 heteroatoms. The number of carbonyl (C=O) groups is 1. The summed E-state index contributed by atoms with van der Waals surface area (Å²) in [5, 5.41) is 10.2. The Morgan fingerprint density at radius 2 is 2.28 bits per heavy atom. The molecule has 1 aliphatic rings. The van der Waals surface area contributed by atoms with E-state index in [9.17, 15) is 4.79 Å². The van der Waals surface area contributed by atoms with Crippen LogP contribution in [0.5, 0.6) is 0 Å². The molecule has 0 atom stereocenters. The Balaban J connectivity index is 1.76. The summed E-state index contributed by atoms with van der Waals surface area (Å²) in [4.78, 5) is 11.8. The number of aromatic nitrogens is 2. The number of nitrogens with one attached hydrogen (secondary N) is 2. The number of anilines is 1. The van der Waals surface area contributed by atoms with Gasteiger partial charge in [-0.15, -0.1) is 0 Å². The van der Waals surface area contributed by atoms with Crippen LogP contribution in [0.15, 0.2) is 42.7 Å². The van der Waals surface area contributed by atoms with E-state index in [4.69, 9.17) is 0 Å². The molecule has 1 amide bonds. The summed E-state index contributed by atoms with van der Waals surface area (Å²) in [6.07, 6.45) is 3.60. The van der Waals surface area contributed by atoms with Gasteiger partial charge in [0.15, 0.2) is 0 Å². The number of hydrogen-bond acceptors (Lipinski definition) is 3. The standard InChI is InChI=1S/C13H14N4O/c18-13(10-8-14-9-10)16-11-3-1-4-12(7-11)17-6-2-5-15-17/h1-7,10,14H,8-9H2,(H,16,18). The zero-order chi connectivity index (χ0) is 12.4. The average Bonchev–Trinajstić information content (AvgIpc) is 2.80. The highest BCUT2D eigenvalue weighted by molar-refractivity contribution is 5.93. The third-order valence-corrected chi connectivity index (χ3v) is 3.03. The van der Waals surface area contributed by atoms with E-state index >= 15 is 0 Å². The predicted octanol–water partition coefficient (Wildman–Crippen LogP) is 1.03. The highest BCUT2D eigenvalue weighted by Crippen LogP contribution is 2.15. The van der Waals surface area contributed by atoms with Crippen LogP contribution in [-0.4, -0.2) is 28.8 Å². The fourth-order valence-electron chi connectivity index (χ4n) is 1.87. The SMILES string of the molecule is O=C(Nc1cccc(-n2cccn2)c1)C1CNC1. The van der Waals surface area contributed by atoms with Crippen molar-refractivity contribution in [2.45, 2.75) is 0 Å². The van der Waals surface area contributed by atoms with Crippen molar-refractivity contribution in [3.8, 4) is 5.69 Å². The topological polar surface area (TPSA) is 59.0 Å². The second kappa shape index (κ2) is 4.62. The first kappa shape index (κ1) is 11.0. The number of benzene rings is 1. The van der Waals surface area contributed by atoms with E-state index in [0.717, 1.165) is 24.5 Å². The van der Waals surface area contributed by atoms with Crippen LogP contribution in [0, 0.1) is 5.92 Å². The molecule has 1 saturated heterocycles. The molecule has 5 nitrogen and oxygen atoms in total. The van der Waals surface area contributed by atoms with Crippen molar-refractivity contribution >= 4 is 11.6 Å². The molecule has 1 fully saturated rings. The van der Waals surface area contributed by atoms with Crippen molar-refractivity contribution in [1.82, 2.24) is 15.1 Å². The number of rotatable bonds is 3. The quantitative estimate of drug-likeness (QED) is 0.845. The lowest BCUT2D eigenvalue weighted by Gasteiger charge is -2.25. The van der Waals surface area contributed by atoms with Gasteiger partial charge in [0.25, 0.3) is 0 Å². The number of carbonyl (C=O) groups excluding carboxylic acids is 1. The third-order valence-electron chi connectivity index (χ3n) is 3.03. The summed E-state index contributed by atoms with van der Waals surface area (Å²) in [6, 6.07) is 9.53. The molecule has 0 radical (unpaired) electrons. The molecule has 1 aliphatic heterocycles. The summed E-state index contributed by atoms with van der Waals surface area (Å²) >= 11 is 0. The van der Waals surface area contributed by atoms with Crippen LogP contribution in [0.4, 0.5) is 5.69 Å². The molecule has 1 aromatic carbocycles. The van der Waals surface area contributed by atoms with Crippen LogP contribution < -0.4 is 10.6 Å². The predicted molar refractivity (Wildman–Crippen MR) is 68.6 cm³/mol. The Morgan fingerprint density at radius 3 is 2.94 bits per heavy atom. The van der Waals surface area contributed by atoms with Crippen LogP contribution in [0.2, 0.25) is 0 Å². The Labute approximate surface area is 105 Å². The highest BCUT2D eigenvalue weighted by Gasteiger charge is 2.24. The first-order valence-corrected chi connectivity index (χ1v) is 5.94. The maximum Gasteiger partial charge on any atom is 0.230 e. The van der Waals surface area contributed by atoms with Crippen molar-refractivity contribution in [2.75, 3.05) is 18.4 Å². The van der Waals surface area contributed by atoms with Gasteiger partial charge < -0.3 is 10.6 Å². The molecule has 0 aliphatic carbocycles. The van der Waals surface area contributed by atoms with Crippen molar-refractivity contribution in [1.29, 1.82) is 0 Å². The molecule has 0 saturated carbocycles. The van der Waals surface area contributed by atoms with E-state index in [1.54, 1.807) is 10.9 Å². The van der Waals surface area contributed by atoms with Gasteiger partial charge >= 0.3 is 0 Å². The minimum absolute atomic E-state index is 0.0753.